The Kier molecular flexibility index (Phi) is 7.62. The summed E-state index contributed by atoms with van der Waals surface area (Å²) in [5.74, 6) is -1.18. The summed E-state index contributed by atoms with van der Waals surface area (Å²) >= 11 is 6.46. The highest BCUT2D eigenvalue weighted by Gasteiger charge is 2.26. The molecule has 2 amide bonds. The van der Waals surface area contributed by atoms with Crippen LogP contribution in [0.1, 0.15) is 12.5 Å². The first-order chi connectivity index (χ1) is 10.4. The van der Waals surface area contributed by atoms with Gasteiger partial charge in [-0.3, -0.25) is 9.59 Å². The number of Topliss-reactive ketones (excluding diaryl/α,β-unsaturated/α-hetero) is 1. The molecule has 0 bridgehead atoms. The average molecular weight is 343 g/mol. The summed E-state index contributed by atoms with van der Waals surface area (Å²) in [6, 6.07) is 8.61. The number of benzene rings is 1. The molecule has 1 N–H and O–H groups in total. The Bertz CT molecular complexity index is 577. The van der Waals surface area contributed by atoms with Crippen LogP contribution in [0, 0.1) is 0 Å². The lowest BCUT2D eigenvalue weighted by atomic mass is 10.2. The van der Waals surface area contributed by atoms with Crippen molar-refractivity contribution in [1.82, 2.24) is 5.32 Å². The number of esters is 1. The molecule has 1 aromatic rings. The number of hydrogen-bond donors (Lipinski definition) is 1. The third kappa shape index (κ3) is 6.28. The number of nitrogens with one attached hydrogen (secondary N) is 1. The first-order valence-electron chi connectivity index (χ1n) is 6.25. The monoisotopic (exact) mass is 342 g/mol. The SMILES string of the molecule is COC(=O)C(S/C(Cl)=N\C(=O)NCc1ccccc1)C(C)=O. The van der Waals surface area contributed by atoms with Crippen molar-refractivity contribution < 1.29 is 19.1 Å². The molecule has 8 heteroatoms. The number of amides is 2. The largest absolute Gasteiger partial charge is 0.468 e. The normalized spacial score (nSPS) is 12.4. The molecule has 0 aliphatic carbocycles. The molecule has 0 saturated heterocycles. The fourth-order valence-corrected chi connectivity index (χ4v) is 2.45. The van der Waals surface area contributed by atoms with Gasteiger partial charge in [0.2, 0.25) is 0 Å². The molecule has 0 saturated carbocycles. The smallest absolute Gasteiger partial charge is 0.343 e. The van der Waals surface area contributed by atoms with Crippen molar-refractivity contribution in [3.8, 4) is 0 Å². The molecular weight excluding hydrogens is 328 g/mol. The van der Waals surface area contributed by atoms with E-state index in [2.05, 4.69) is 15.0 Å². The van der Waals surface area contributed by atoms with Crippen LogP contribution in [0.4, 0.5) is 4.79 Å². The topological polar surface area (TPSA) is 84.8 Å². The number of thioether (sulfide) groups is 1. The third-order valence-electron chi connectivity index (χ3n) is 2.48. The van der Waals surface area contributed by atoms with Crippen molar-refractivity contribution in [3.05, 3.63) is 35.9 Å². The zero-order valence-electron chi connectivity index (χ0n) is 12.0. The van der Waals surface area contributed by atoms with E-state index < -0.39 is 23.0 Å². The number of nitrogens with zero attached hydrogens (tertiary/aromatic N) is 1. The van der Waals surface area contributed by atoms with Gasteiger partial charge in [-0.1, -0.05) is 53.7 Å². The van der Waals surface area contributed by atoms with Crippen molar-refractivity contribution in [2.45, 2.75) is 18.7 Å². The predicted molar refractivity (Wildman–Crippen MR) is 86.0 cm³/mol. The Morgan fingerprint density at radius 2 is 1.95 bits per heavy atom. The Hall–Kier alpha value is -1.86. The number of urea groups is 1. The lowest BCUT2D eigenvalue weighted by molar-refractivity contribution is -0.142. The molecule has 1 unspecified atom stereocenters. The van der Waals surface area contributed by atoms with E-state index in [-0.39, 0.29) is 4.50 Å². The van der Waals surface area contributed by atoms with Crippen molar-refractivity contribution in [3.63, 3.8) is 0 Å². The summed E-state index contributed by atoms with van der Waals surface area (Å²) in [6.07, 6.45) is 0. The van der Waals surface area contributed by atoms with Crippen LogP contribution >= 0.6 is 23.4 Å². The molecule has 22 heavy (non-hydrogen) atoms. The predicted octanol–water partition coefficient (Wildman–Crippen LogP) is 2.35. The van der Waals surface area contributed by atoms with E-state index >= 15 is 0 Å². The molecule has 118 valence electrons. The maximum absolute atomic E-state index is 11.6. The highest BCUT2D eigenvalue weighted by atomic mass is 35.5. The number of carbonyl (C=O) groups is 3. The second-order valence-corrected chi connectivity index (χ2v) is 5.82. The fraction of sp³-hybridized carbons (Fsp3) is 0.286. The number of halogens is 1. The standard InChI is InChI=1S/C14H15ClN2O4S/c1-9(18)11(12(19)21-2)22-13(15)17-14(20)16-8-10-6-4-3-5-7-10/h3-7,11H,8H2,1-2H3,(H,16,20)/b17-13-. The van der Waals surface area contributed by atoms with Crippen molar-refractivity contribution >= 4 is 45.6 Å². The highest BCUT2D eigenvalue weighted by Crippen LogP contribution is 2.18. The quantitative estimate of drug-likeness (QED) is 0.384. The summed E-state index contributed by atoms with van der Waals surface area (Å²) in [7, 11) is 1.16. The Labute approximate surface area is 137 Å². The number of methoxy groups -OCH3 is 1. The molecular formula is C14H15ClN2O4S. The minimum absolute atomic E-state index is 0.212. The van der Waals surface area contributed by atoms with E-state index in [9.17, 15) is 14.4 Å². The first-order valence-corrected chi connectivity index (χ1v) is 7.50. The van der Waals surface area contributed by atoms with Gasteiger partial charge in [-0.25, -0.2) is 4.79 Å². The summed E-state index contributed by atoms with van der Waals surface area (Å²) < 4.78 is 4.28. The Balaban J connectivity index is 2.57. The zero-order chi connectivity index (χ0) is 16.5. The molecule has 0 aliphatic heterocycles. The number of aliphatic imine (C=N–C) groups is 1. The second kappa shape index (κ2) is 9.22. The maximum atomic E-state index is 11.6. The Morgan fingerprint density at radius 1 is 1.32 bits per heavy atom. The van der Waals surface area contributed by atoms with Crippen LogP contribution in [0.2, 0.25) is 0 Å². The minimum atomic E-state index is -1.14. The van der Waals surface area contributed by atoms with Crippen LogP contribution in [0.5, 0.6) is 0 Å². The molecule has 0 spiro atoms. The maximum Gasteiger partial charge on any atom is 0.343 e. The van der Waals surface area contributed by atoms with E-state index in [4.69, 9.17) is 11.6 Å². The van der Waals surface area contributed by atoms with Crippen LogP contribution in [0.3, 0.4) is 0 Å². The van der Waals surface area contributed by atoms with Gasteiger partial charge < -0.3 is 10.1 Å². The van der Waals surface area contributed by atoms with Gasteiger partial charge >= 0.3 is 12.0 Å². The fourth-order valence-electron chi connectivity index (χ4n) is 1.42. The lowest BCUT2D eigenvalue weighted by Gasteiger charge is -2.09. The molecule has 1 rings (SSSR count). The third-order valence-corrected chi connectivity index (χ3v) is 3.87. The molecule has 0 heterocycles. The highest BCUT2D eigenvalue weighted by molar-refractivity contribution is 8.18. The summed E-state index contributed by atoms with van der Waals surface area (Å²) in [5.41, 5.74) is 0.908. The van der Waals surface area contributed by atoms with Crippen LogP contribution in [-0.4, -0.2) is 34.6 Å². The summed E-state index contributed by atoms with van der Waals surface area (Å²) in [5, 5.41) is 1.41. The first kappa shape index (κ1) is 18.2. The van der Waals surface area contributed by atoms with Gasteiger partial charge in [-0.15, -0.1) is 0 Å². The number of rotatable bonds is 5. The van der Waals surface area contributed by atoms with Gasteiger partial charge in [0.1, 0.15) is 0 Å². The molecule has 0 aliphatic rings. The van der Waals surface area contributed by atoms with Crippen LogP contribution in [-0.2, 0) is 20.9 Å². The van der Waals surface area contributed by atoms with E-state index in [0.29, 0.717) is 18.3 Å². The van der Waals surface area contributed by atoms with E-state index in [1.165, 1.54) is 6.92 Å². The van der Waals surface area contributed by atoms with Crippen LogP contribution < -0.4 is 5.32 Å². The van der Waals surface area contributed by atoms with E-state index in [1.807, 2.05) is 30.3 Å². The van der Waals surface area contributed by atoms with Gasteiger partial charge in [0.25, 0.3) is 0 Å². The molecule has 0 fully saturated rings. The van der Waals surface area contributed by atoms with Gasteiger partial charge in [0, 0.05) is 6.54 Å². The van der Waals surface area contributed by atoms with Crippen molar-refractivity contribution in [2.24, 2.45) is 4.99 Å². The minimum Gasteiger partial charge on any atom is -0.468 e. The number of hydrogen-bond acceptors (Lipinski definition) is 5. The molecule has 1 atom stereocenters. The number of ether oxygens (including phenoxy) is 1. The van der Waals surface area contributed by atoms with Crippen molar-refractivity contribution in [1.29, 1.82) is 0 Å². The molecule has 0 aromatic heterocycles. The number of ketones is 1. The summed E-state index contributed by atoms with van der Waals surface area (Å²) in [4.78, 5) is 37.9. The number of carbonyl (C=O) groups excluding carboxylic acids is 3. The van der Waals surface area contributed by atoms with E-state index in [0.717, 1.165) is 12.7 Å². The van der Waals surface area contributed by atoms with Gasteiger partial charge in [0.05, 0.1) is 7.11 Å². The Morgan fingerprint density at radius 3 is 2.50 bits per heavy atom. The van der Waals surface area contributed by atoms with Crippen LogP contribution in [0.15, 0.2) is 35.3 Å². The molecule has 6 nitrogen and oxygen atoms in total. The average Bonchev–Trinajstić information content (AvgIpc) is 2.50. The van der Waals surface area contributed by atoms with Gasteiger partial charge in [-0.2, -0.15) is 4.99 Å². The van der Waals surface area contributed by atoms with Gasteiger partial charge in [0.15, 0.2) is 15.5 Å². The van der Waals surface area contributed by atoms with E-state index in [1.54, 1.807) is 0 Å². The second-order valence-electron chi connectivity index (χ2n) is 4.14. The zero-order valence-corrected chi connectivity index (χ0v) is 13.6. The summed E-state index contributed by atoms with van der Waals surface area (Å²) in [6.45, 7) is 1.53. The van der Waals surface area contributed by atoms with Crippen LogP contribution in [0.25, 0.3) is 0 Å². The molecule has 0 radical (unpaired) electrons. The van der Waals surface area contributed by atoms with Gasteiger partial charge in [-0.05, 0) is 12.5 Å². The molecule has 1 aromatic carbocycles. The van der Waals surface area contributed by atoms with Crippen molar-refractivity contribution in [2.75, 3.05) is 7.11 Å². The lowest BCUT2D eigenvalue weighted by Crippen LogP contribution is -2.27.